The van der Waals surface area contributed by atoms with Crippen molar-refractivity contribution in [1.82, 2.24) is 5.32 Å². The van der Waals surface area contributed by atoms with Crippen LogP contribution in [0.1, 0.15) is 36.2 Å². The number of carbonyl (C=O) groups is 2. The average molecular weight is 434 g/mol. The number of nitrogens with one attached hydrogen (secondary N) is 1. The number of amides is 1. The van der Waals surface area contributed by atoms with E-state index in [-0.39, 0.29) is 12.5 Å². The third kappa shape index (κ3) is 6.40. The topological polar surface area (TPSA) is 64.6 Å². The predicted molar refractivity (Wildman–Crippen MR) is 108 cm³/mol. The van der Waals surface area contributed by atoms with Gasteiger partial charge in [-0.1, -0.05) is 37.3 Å². The highest BCUT2D eigenvalue weighted by molar-refractivity contribution is 9.10. The molecule has 0 bridgehead atoms. The molecule has 2 rings (SSSR count). The molecule has 1 amide bonds. The summed E-state index contributed by atoms with van der Waals surface area (Å²) in [6.07, 6.45) is 1.26. The molecular formula is C21H24BrNO4. The van der Waals surface area contributed by atoms with E-state index in [1.54, 1.807) is 25.1 Å². The zero-order chi connectivity index (χ0) is 19.6. The highest BCUT2D eigenvalue weighted by Gasteiger charge is 2.23. The largest absolute Gasteiger partial charge is 0.492 e. The molecule has 0 radical (unpaired) electrons. The van der Waals surface area contributed by atoms with E-state index in [0.29, 0.717) is 28.8 Å². The Labute approximate surface area is 168 Å². The Balaban J connectivity index is 2.12. The van der Waals surface area contributed by atoms with Gasteiger partial charge in [0.25, 0.3) is 5.91 Å². The van der Waals surface area contributed by atoms with Gasteiger partial charge in [0.2, 0.25) is 0 Å². The number of rotatable bonds is 9. The maximum absolute atomic E-state index is 12.7. The molecule has 0 heterocycles. The fourth-order valence-corrected chi connectivity index (χ4v) is 2.99. The fraction of sp³-hybridized carbons (Fsp3) is 0.333. The van der Waals surface area contributed by atoms with Crippen LogP contribution in [0.2, 0.25) is 0 Å². The predicted octanol–water partition coefficient (Wildman–Crippen LogP) is 4.14. The van der Waals surface area contributed by atoms with Crippen LogP contribution in [0.4, 0.5) is 0 Å². The van der Waals surface area contributed by atoms with Crippen molar-refractivity contribution >= 4 is 27.8 Å². The van der Waals surface area contributed by atoms with E-state index in [9.17, 15) is 9.59 Å². The van der Waals surface area contributed by atoms with E-state index in [2.05, 4.69) is 21.2 Å². The van der Waals surface area contributed by atoms with Crippen LogP contribution >= 0.6 is 15.9 Å². The molecule has 2 aromatic carbocycles. The highest BCUT2D eigenvalue weighted by atomic mass is 79.9. The Morgan fingerprint density at radius 1 is 1.11 bits per heavy atom. The molecule has 0 aliphatic heterocycles. The van der Waals surface area contributed by atoms with Crippen molar-refractivity contribution in [2.75, 3.05) is 13.2 Å². The van der Waals surface area contributed by atoms with E-state index in [4.69, 9.17) is 9.47 Å². The Hall–Kier alpha value is -2.34. The van der Waals surface area contributed by atoms with Gasteiger partial charge in [-0.05, 0) is 53.0 Å². The number of ether oxygens (including phenoxy) is 2. The smallest absolute Gasteiger partial charge is 0.328 e. The Kier molecular flexibility index (Phi) is 8.33. The van der Waals surface area contributed by atoms with Crippen LogP contribution in [0.5, 0.6) is 5.75 Å². The van der Waals surface area contributed by atoms with Crippen LogP contribution in [-0.4, -0.2) is 31.1 Å². The molecule has 1 atom stereocenters. The molecule has 6 heteroatoms. The number of halogens is 1. The summed E-state index contributed by atoms with van der Waals surface area (Å²) in [6, 6.07) is 13.9. The van der Waals surface area contributed by atoms with Gasteiger partial charge >= 0.3 is 5.97 Å². The van der Waals surface area contributed by atoms with Crippen molar-refractivity contribution in [2.24, 2.45) is 0 Å². The maximum atomic E-state index is 12.7. The quantitative estimate of drug-likeness (QED) is 0.603. The maximum Gasteiger partial charge on any atom is 0.328 e. The van der Waals surface area contributed by atoms with Gasteiger partial charge in [-0.15, -0.1) is 0 Å². The normalized spacial score (nSPS) is 11.5. The summed E-state index contributed by atoms with van der Waals surface area (Å²) >= 11 is 3.42. The lowest BCUT2D eigenvalue weighted by Crippen LogP contribution is -2.43. The summed E-state index contributed by atoms with van der Waals surface area (Å²) in [7, 11) is 0. The minimum absolute atomic E-state index is 0.259. The second-order valence-corrected chi connectivity index (χ2v) is 6.82. The van der Waals surface area contributed by atoms with Crippen molar-refractivity contribution in [2.45, 2.75) is 32.7 Å². The van der Waals surface area contributed by atoms with Crippen LogP contribution in [0.3, 0.4) is 0 Å². The first-order chi connectivity index (χ1) is 13.0. The molecule has 144 valence electrons. The van der Waals surface area contributed by atoms with Crippen LogP contribution < -0.4 is 10.1 Å². The first-order valence-electron chi connectivity index (χ1n) is 8.98. The highest BCUT2D eigenvalue weighted by Crippen LogP contribution is 2.26. The summed E-state index contributed by atoms with van der Waals surface area (Å²) in [5.74, 6) is -0.108. The summed E-state index contributed by atoms with van der Waals surface area (Å²) in [4.78, 5) is 24.9. The SMILES string of the molecule is CCCOc1ccc(C(=O)NC(Cc2ccccc2)C(=O)OCC)cc1Br. The van der Waals surface area contributed by atoms with E-state index < -0.39 is 12.0 Å². The van der Waals surface area contributed by atoms with Gasteiger partial charge in [0.15, 0.2) is 0 Å². The monoisotopic (exact) mass is 433 g/mol. The first kappa shape index (κ1) is 21.0. The molecule has 27 heavy (non-hydrogen) atoms. The van der Waals surface area contributed by atoms with Crippen molar-refractivity contribution < 1.29 is 19.1 Å². The lowest BCUT2D eigenvalue weighted by molar-refractivity contribution is -0.145. The molecular weight excluding hydrogens is 410 g/mol. The van der Waals surface area contributed by atoms with Crippen LogP contribution in [-0.2, 0) is 16.0 Å². The number of carbonyl (C=O) groups excluding carboxylic acids is 2. The van der Waals surface area contributed by atoms with Gasteiger partial charge in [-0.3, -0.25) is 4.79 Å². The Bertz CT molecular complexity index is 764. The summed E-state index contributed by atoms with van der Waals surface area (Å²) in [5, 5.41) is 2.78. The zero-order valence-electron chi connectivity index (χ0n) is 15.5. The zero-order valence-corrected chi connectivity index (χ0v) is 17.1. The van der Waals surface area contributed by atoms with E-state index >= 15 is 0 Å². The first-order valence-corrected chi connectivity index (χ1v) is 9.78. The van der Waals surface area contributed by atoms with Crippen LogP contribution in [0, 0.1) is 0 Å². The lowest BCUT2D eigenvalue weighted by atomic mass is 10.1. The molecule has 0 saturated heterocycles. The van der Waals surface area contributed by atoms with Gasteiger partial charge in [0, 0.05) is 12.0 Å². The third-order valence-electron chi connectivity index (χ3n) is 3.81. The van der Waals surface area contributed by atoms with Crippen molar-refractivity contribution in [3.05, 3.63) is 64.1 Å². The van der Waals surface area contributed by atoms with Gasteiger partial charge in [-0.2, -0.15) is 0 Å². The molecule has 1 unspecified atom stereocenters. The molecule has 0 aromatic heterocycles. The van der Waals surface area contributed by atoms with E-state index in [1.807, 2.05) is 37.3 Å². The molecule has 2 aromatic rings. The molecule has 0 aliphatic carbocycles. The lowest BCUT2D eigenvalue weighted by Gasteiger charge is -2.18. The summed E-state index contributed by atoms with van der Waals surface area (Å²) in [6.45, 7) is 4.63. The molecule has 0 spiro atoms. The Morgan fingerprint density at radius 2 is 1.85 bits per heavy atom. The van der Waals surface area contributed by atoms with Crippen molar-refractivity contribution in [1.29, 1.82) is 0 Å². The number of hydrogen-bond donors (Lipinski definition) is 1. The van der Waals surface area contributed by atoms with Gasteiger partial charge < -0.3 is 14.8 Å². The second-order valence-electron chi connectivity index (χ2n) is 5.96. The Morgan fingerprint density at radius 3 is 2.48 bits per heavy atom. The number of hydrogen-bond acceptors (Lipinski definition) is 4. The van der Waals surface area contributed by atoms with Crippen molar-refractivity contribution in [3.63, 3.8) is 0 Å². The van der Waals surface area contributed by atoms with E-state index in [0.717, 1.165) is 12.0 Å². The van der Waals surface area contributed by atoms with Gasteiger partial charge in [0.05, 0.1) is 17.7 Å². The molecule has 1 N–H and O–H groups in total. The van der Waals surface area contributed by atoms with Gasteiger partial charge in [-0.25, -0.2) is 4.79 Å². The standard InChI is InChI=1S/C21H24BrNO4/c1-3-12-27-19-11-10-16(14-17(19)22)20(24)23-18(21(25)26-4-2)13-15-8-6-5-7-9-15/h5-11,14,18H,3-4,12-13H2,1-2H3,(H,23,24). The van der Waals surface area contributed by atoms with Crippen LogP contribution in [0.25, 0.3) is 0 Å². The summed E-state index contributed by atoms with van der Waals surface area (Å²) < 4.78 is 11.4. The second kappa shape index (κ2) is 10.7. The fourth-order valence-electron chi connectivity index (χ4n) is 2.50. The third-order valence-corrected chi connectivity index (χ3v) is 4.43. The van der Waals surface area contributed by atoms with Crippen LogP contribution in [0.15, 0.2) is 53.0 Å². The number of esters is 1. The average Bonchev–Trinajstić information content (AvgIpc) is 2.67. The minimum atomic E-state index is -0.755. The molecule has 0 aliphatic rings. The van der Waals surface area contributed by atoms with Crippen molar-refractivity contribution in [3.8, 4) is 5.75 Å². The molecule has 0 fully saturated rings. The van der Waals surface area contributed by atoms with E-state index in [1.165, 1.54) is 0 Å². The number of benzene rings is 2. The molecule has 0 saturated carbocycles. The molecule has 5 nitrogen and oxygen atoms in total. The summed E-state index contributed by atoms with van der Waals surface area (Å²) in [5.41, 5.74) is 1.38. The van der Waals surface area contributed by atoms with Gasteiger partial charge in [0.1, 0.15) is 11.8 Å². The minimum Gasteiger partial charge on any atom is -0.492 e.